The molecule has 0 spiro atoms. The highest BCUT2D eigenvalue weighted by Crippen LogP contribution is 2.13. The van der Waals surface area contributed by atoms with Gasteiger partial charge in [-0.05, 0) is 47.5 Å². The fourth-order valence-corrected chi connectivity index (χ4v) is 1.79. The van der Waals surface area contributed by atoms with Crippen LogP contribution in [0.15, 0.2) is 50.6 Å². The Morgan fingerprint density at radius 1 is 1.21 bits per heavy atom. The molecule has 0 aliphatic carbocycles. The molecule has 0 aliphatic heterocycles. The average molecular weight is 321 g/mol. The molecule has 0 atom stereocenters. The summed E-state index contributed by atoms with van der Waals surface area (Å²) >= 11 is 3.14. The number of halogens is 1. The molecule has 1 aromatic heterocycles. The Bertz CT molecular complexity index is 615. The summed E-state index contributed by atoms with van der Waals surface area (Å²) in [5.41, 5.74) is 5.34. The lowest BCUT2D eigenvalue weighted by Crippen LogP contribution is -2.18. The maximum absolute atomic E-state index is 11.7. The van der Waals surface area contributed by atoms with Crippen LogP contribution in [0.4, 0.5) is 0 Å². The number of benzene rings is 1. The van der Waals surface area contributed by atoms with E-state index in [0.717, 1.165) is 11.3 Å². The van der Waals surface area contributed by atoms with Gasteiger partial charge in [-0.25, -0.2) is 5.43 Å². The van der Waals surface area contributed by atoms with E-state index >= 15 is 0 Å². The number of hydrazone groups is 1. The molecule has 1 heterocycles. The van der Waals surface area contributed by atoms with Gasteiger partial charge in [0.1, 0.15) is 0 Å². The number of nitrogens with one attached hydrogen (secondary N) is 1. The van der Waals surface area contributed by atoms with E-state index in [9.17, 15) is 4.79 Å². The molecule has 0 saturated carbocycles. The van der Waals surface area contributed by atoms with E-state index in [0.29, 0.717) is 4.67 Å². The smallest absolute Gasteiger partial charge is 0.307 e. The molecule has 5 heteroatoms. The van der Waals surface area contributed by atoms with Gasteiger partial charge in [0.2, 0.25) is 0 Å². The van der Waals surface area contributed by atoms with Crippen LogP contribution in [0, 0.1) is 6.92 Å². The van der Waals surface area contributed by atoms with Gasteiger partial charge in [0.15, 0.2) is 10.4 Å². The van der Waals surface area contributed by atoms with Gasteiger partial charge in [-0.3, -0.25) is 4.79 Å². The Balaban J connectivity index is 2.06. The molecular formula is C14H13BrN2O2. The van der Waals surface area contributed by atoms with Crippen LogP contribution in [-0.2, 0) is 0 Å². The maximum atomic E-state index is 11.7. The zero-order chi connectivity index (χ0) is 13.8. The molecule has 98 valence electrons. The molecule has 19 heavy (non-hydrogen) atoms. The highest BCUT2D eigenvalue weighted by Gasteiger charge is 2.09. The van der Waals surface area contributed by atoms with Gasteiger partial charge in [-0.2, -0.15) is 5.10 Å². The molecule has 4 nitrogen and oxygen atoms in total. The number of rotatable bonds is 3. The van der Waals surface area contributed by atoms with Gasteiger partial charge in [0, 0.05) is 0 Å². The first-order valence-electron chi connectivity index (χ1n) is 5.73. The van der Waals surface area contributed by atoms with Gasteiger partial charge in [0.05, 0.1) is 5.71 Å². The van der Waals surface area contributed by atoms with Gasteiger partial charge in [-0.15, -0.1) is 0 Å². The molecule has 1 N–H and O–H groups in total. The van der Waals surface area contributed by atoms with Crippen LogP contribution in [0.5, 0.6) is 0 Å². The molecule has 1 amide bonds. The topological polar surface area (TPSA) is 54.6 Å². The van der Waals surface area contributed by atoms with Crippen molar-refractivity contribution < 1.29 is 9.21 Å². The quantitative estimate of drug-likeness (QED) is 0.695. The maximum Gasteiger partial charge on any atom is 0.307 e. The number of carbonyl (C=O) groups is 1. The van der Waals surface area contributed by atoms with Crippen LogP contribution < -0.4 is 5.43 Å². The second-order valence-electron chi connectivity index (χ2n) is 4.11. The molecule has 2 rings (SSSR count). The van der Waals surface area contributed by atoms with Crippen LogP contribution in [0.25, 0.3) is 0 Å². The first-order chi connectivity index (χ1) is 9.06. The van der Waals surface area contributed by atoms with Crippen molar-refractivity contribution >= 4 is 27.5 Å². The summed E-state index contributed by atoms with van der Waals surface area (Å²) in [6.07, 6.45) is 0. The minimum Gasteiger partial charge on any atom is -0.444 e. The summed E-state index contributed by atoms with van der Waals surface area (Å²) in [7, 11) is 0. The average Bonchev–Trinajstić information content (AvgIpc) is 2.83. The number of carbonyl (C=O) groups excluding carboxylic acids is 1. The Morgan fingerprint density at radius 2 is 1.89 bits per heavy atom. The van der Waals surface area contributed by atoms with E-state index in [2.05, 4.69) is 26.5 Å². The monoisotopic (exact) mass is 320 g/mol. The lowest BCUT2D eigenvalue weighted by Gasteiger charge is -2.02. The predicted molar refractivity (Wildman–Crippen MR) is 77.3 cm³/mol. The molecule has 0 aliphatic rings. The molecule has 1 aromatic carbocycles. The zero-order valence-corrected chi connectivity index (χ0v) is 12.2. The van der Waals surface area contributed by atoms with Crippen molar-refractivity contribution in [3.05, 3.63) is 58.0 Å². The number of hydrogen-bond acceptors (Lipinski definition) is 3. The fourth-order valence-electron chi connectivity index (χ4n) is 1.49. The van der Waals surface area contributed by atoms with Crippen molar-refractivity contribution in [3.63, 3.8) is 0 Å². The Labute approximate surface area is 119 Å². The molecular weight excluding hydrogens is 308 g/mol. The van der Waals surface area contributed by atoms with Crippen LogP contribution in [0.2, 0.25) is 0 Å². The number of nitrogens with zero attached hydrogens (tertiary/aromatic N) is 1. The second kappa shape index (κ2) is 5.84. The molecule has 2 aromatic rings. The summed E-state index contributed by atoms with van der Waals surface area (Å²) in [6, 6.07) is 11.2. The minimum absolute atomic E-state index is 0.215. The lowest BCUT2D eigenvalue weighted by atomic mass is 10.1. The van der Waals surface area contributed by atoms with Crippen molar-refractivity contribution in [2.45, 2.75) is 13.8 Å². The number of hydrogen-bond donors (Lipinski definition) is 1. The van der Waals surface area contributed by atoms with E-state index in [1.165, 1.54) is 5.56 Å². The van der Waals surface area contributed by atoms with Gasteiger partial charge in [-0.1, -0.05) is 29.8 Å². The van der Waals surface area contributed by atoms with Crippen molar-refractivity contribution in [1.82, 2.24) is 5.43 Å². The lowest BCUT2D eigenvalue weighted by molar-refractivity contribution is 0.0926. The standard InChI is InChI=1S/C14H13BrN2O2/c1-9-3-5-11(6-4-9)10(2)16-17-14(18)12-7-8-13(15)19-12/h3-8H,1-2H3,(H,17,18)/b16-10+. The van der Waals surface area contributed by atoms with Crippen LogP contribution in [-0.4, -0.2) is 11.6 Å². The fraction of sp³-hybridized carbons (Fsp3) is 0.143. The van der Waals surface area contributed by atoms with Crippen molar-refractivity contribution in [1.29, 1.82) is 0 Å². The largest absolute Gasteiger partial charge is 0.444 e. The molecule has 0 radical (unpaired) electrons. The SMILES string of the molecule is C/C(=N\NC(=O)c1ccc(Br)o1)c1ccc(C)cc1. The predicted octanol–water partition coefficient (Wildman–Crippen LogP) is 3.50. The third kappa shape index (κ3) is 3.54. The third-order valence-electron chi connectivity index (χ3n) is 2.59. The number of amides is 1. The summed E-state index contributed by atoms with van der Waals surface area (Å²) in [6.45, 7) is 3.86. The summed E-state index contributed by atoms with van der Waals surface area (Å²) in [5.74, 6) is -0.163. The third-order valence-corrected chi connectivity index (χ3v) is 3.02. The Morgan fingerprint density at radius 3 is 2.47 bits per heavy atom. The summed E-state index contributed by atoms with van der Waals surface area (Å²) in [5, 5.41) is 4.05. The van der Waals surface area contributed by atoms with E-state index in [4.69, 9.17) is 4.42 Å². The van der Waals surface area contributed by atoms with Crippen molar-refractivity contribution in [3.8, 4) is 0 Å². The zero-order valence-electron chi connectivity index (χ0n) is 10.6. The first kappa shape index (κ1) is 13.5. The van der Waals surface area contributed by atoms with Crippen molar-refractivity contribution in [2.75, 3.05) is 0 Å². The number of aryl methyl sites for hydroxylation is 1. The highest BCUT2D eigenvalue weighted by molar-refractivity contribution is 9.10. The number of furan rings is 1. The molecule has 0 unspecified atom stereocenters. The molecule has 0 fully saturated rings. The Hall–Kier alpha value is -1.88. The minimum atomic E-state index is -0.378. The normalized spacial score (nSPS) is 11.4. The van der Waals surface area contributed by atoms with Gasteiger partial charge >= 0.3 is 5.91 Å². The summed E-state index contributed by atoms with van der Waals surface area (Å²) < 4.78 is 5.65. The van der Waals surface area contributed by atoms with Crippen LogP contribution >= 0.6 is 15.9 Å². The van der Waals surface area contributed by atoms with E-state index in [1.54, 1.807) is 12.1 Å². The van der Waals surface area contributed by atoms with Gasteiger partial charge in [0.25, 0.3) is 0 Å². The van der Waals surface area contributed by atoms with Crippen LogP contribution in [0.1, 0.15) is 28.6 Å². The molecule has 0 saturated heterocycles. The van der Waals surface area contributed by atoms with E-state index in [-0.39, 0.29) is 11.7 Å². The van der Waals surface area contributed by atoms with Crippen molar-refractivity contribution in [2.24, 2.45) is 5.10 Å². The molecule has 0 bridgehead atoms. The van der Waals surface area contributed by atoms with Gasteiger partial charge < -0.3 is 4.42 Å². The second-order valence-corrected chi connectivity index (χ2v) is 4.89. The summed E-state index contributed by atoms with van der Waals surface area (Å²) in [4.78, 5) is 11.7. The first-order valence-corrected chi connectivity index (χ1v) is 6.52. The Kier molecular flexibility index (Phi) is 4.16. The highest BCUT2D eigenvalue weighted by atomic mass is 79.9. The van der Waals surface area contributed by atoms with Crippen LogP contribution in [0.3, 0.4) is 0 Å². The van der Waals surface area contributed by atoms with E-state index < -0.39 is 0 Å². The van der Waals surface area contributed by atoms with E-state index in [1.807, 2.05) is 38.1 Å².